The number of aromatic nitrogens is 1. The third kappa shape index (κ3) is 5.45. The van der Waals surface area contributed by atoms with Gasteiger partial charge in [-0.15, -0.1) is 24.8 Å². The van der Waals surface area contributed by atoms with Crippen molar-refractivity contribution in [2.45, 2.75) is 32.2 Å². The van der Waals surface area contributed by atoms with E-state index in [4.69, 9.17) is 10.2 Å². The number of aryl methyl sites for hydroxylation is 1. The van der Waals surface area contributed by atoms with Crippen molar-refractivity contribution in [3.05, 3.63) is 57.3 Å². The first kappa shape index (κ1) is 23.0. The van der Waals surface area contributed by atoms with Gasteiger partial charge >= 0.3 is 5.63 Å². The Morgan fingerprint density at radius 3 is 2.85 bits per heavy atom. The molecule has 0 radical (unpaired) electrons. The van der Waals surface area contributed by atoms with Crippen LogP contribution in [0.1, 0.15) is 46.0 Å². The van der Waals surface area contributed by atoms with Gasteiger partial charge in [0.05, 0.1) is 0 Å². The summed E-state index contributed by atoms with van der Waals surface area (Å²) in [7, 11) is 0. The Balaban J connectivity index is 0.00000182. The van der Waals surface area contributed by atoms with Crippen LogP contribution >= 0.6 is 24.8 Å². The summed E-state index contributed by atoms with van der Waals surface area (Å²) in [6, 6.07) is 5.31. The summed E-state index contributed by atoms with van der Waals surface area (Å²) in [5.41, 5.74) is 6.51. The Labute approximate surface area is 169 Å². The number of anilines is 1. The van der Waals surface area contributed by atoms with Gasteiger partial charge in [0.1, 0.15) is 17.1 Å². The SMILES string of the molecule is Cc1cc(C2CCCNC2)oc(=O)c1C(=O)NCc1cccnc1N.Cl.Cl. The Bertz CT molecular complexity index is 836. The van der Waals surface area contributed by atoms with E-state index in [1.807, 2.05) is 0 Å². The van der Waals surface area contributed by atoms with Crippen molar-refractivity contribution in [3.63, 3.8) is 0 Å². The zero-order valence-electron chi connectivity index (χ0n) is 15.0. The van der Waals surface area contributed by atoms with Crippen LogP contribution in [0.5, 0.6) is 0 Å². The van der Waals surface area contributed by atoms with Gasteiger partial charge in [-0.1, -0.05) is 6.07 Å². The van der Waals surface area contributed by atoms with E-state index in [-0.39, 0.29) is 42.8 Å². The molecule has 0 aromatic carbocycles. The third-order valence-corrected chi connectivity index (χ3v) is 4.46. The summed E-state index contributed by atoms with van der Waals surface area (Å²) in [5, 5.41) is 6.00. The molecule has 0 spiro atoms. The van der Waals surface area contributed by atoms with Gasteiger partial charge in [0.2, 0.25) is 0 Å². The highest BCUT2D eigenvalue weighted by atomic mass is 35.5. The molecule has 4 N–H and O–H groups in total. The lowest BCUT2D eigenvalue weighted by Gasteiger charge is -2.22. The first-order valence-electron chi connectivity index (χ1n) is 8.39. The summed E-state index contributed by atoms with van der Waals surface area (Å²) >= 11 is 0. The Hall–Kier alpha value is -2.09. The molecular weight excluding hydrogens is 391 g/mol. The molecule has 2 aromatic rings. The average molecular weight is 415 g/mol. The second kappa shape index (κ2) is 10.3. The van der Waals surface area contributed by atoms with E-state index in [0.29, 0.717) is 22.7 Å². The molecule has 9 heteroatoms. The molecule has 1 saturated heterocycles. The molecule has 0 bridgehead atoms. The topological polar surface area (TPSA) is 110 Å². The molecule has 3 heterocycles. The number of carbonyl (C=O) groups excluding carboxylic acids is 1. The van der Waals surface area contributed by atoms with E-state index in [1.165, 1.54) is 0 Å². The molecule has 1 amide bonds. The smallest absolute Gasteiger partial charge is 0.349 e. The van der Waals surface area contributed by atoms with Crippen molar-refractivity contribution in [2.75, 3.05) is 18.8 Å². The fourth-order valence-corrected chi connectivity index (χ4v) is 3.07. The van der Waals surface area contributed by atoms with Crippen molar-refractivity contribution >= 4 is 36.5 Å². The highest BCUT2D eigenvalue weighted by Gasteiger charge is 2.22. The lowest BCUT2D eigenvalue weighted by Crippen LogP contribution is -2.31. The molecule has 148 valence electrons. The average Bonchev–Trinajstić information content (AvgIpc) is 2.61. The zero-order chi connectivity index (χ0) is 17.8. The summed E-state index contributed by atoms with van der Waals surface area (Å²) in [4.78, 5) is 28.7. The maximum absolute atomic E-state index is 12.4. The lowest BCUT2D eigenvalue weighted by atomic mass is 9.95. The number of nitrogen functional groups attached to an aromatic ring is 1. The number of hydrogen-bond donors (Lipinski definition) is 3. The van der Waals surface area contributed by atoms with Gasteiger partial charge in [-0.25, -0.2) is 9.78 Å². The minimum atomic E-state index is -0.600. The van der Waals surface area contributed by atoms with Crippen LogP contribution in [0, 0.1) is 6.92 Å². The van der Waals surface area contributed by atoms with Crippen LogP contribution in [0.25, 0.3) is 0 Å². The van der Waals surface area contributed by atoms with E-state index < -0.39 is 11.5 Å². The monoisotopic (exact) mass is 414 g/mol. The third-order valence-electron chi connectivity index (χ3n) is 4.46. The van der Waals surface area contributed by atoms with Crippen LogP contribution in [0.15, 0.2) is 33.6 Å². The molecule has 1 unspecified atom stereocenters. The van der Waals surface area contributed by atoms with Crippen molar-refractivity contribution in [3.8, 4) is 0 Å². The quantitative estimate of drug-likeness (QED) is 0.706. The van der Waals surface area contributed by atoms with Crippen molar-refractivity contribution < 1.29 is 9.21 Å². The molecule has 2 aromatic heterocycles. The van der Waals surface area contributed by atoms with Crippen LogP contribution in [0.4, 0.5) is 5.82 Å². The molecular formula is C18H24Cl2N4O3. The van der Waals surface area contributed by atoms with Crippen LogP contribution < -0.4 is 22.0 Å². The number of halogens is 2. The van der Waals surface area contributed by atoms with E-state index >= 15 is 0 Å². The van der Waals surface area contributed by atoms with E-state index in [9.17, 15) is 9.59 Å². The number of nitrogens with zero attached hydrogens (tertiary/aromatic N) is 1. The summed E-state index contributed by atoms with van der Waals surface area (Å²) in [6.07, 6.45) is 3.60. The molecule has 1 aliphatic rings. The Morgan fingerprint density at radius 1 is 1.44 bits per heavy atom. The Morgan fingerprint density at radius 2 is 2.22 bits per heavy atom. The number of hydrogen-bond acceptors (Lipinski definition) is 6. The number of pyridine rings is 1. The van der Waals surface area contributed by atoms with Gasteiger partial charge in [-0.2, -0.15) is 0 Å². The number of piperidine rings is 1. The Kier molecular flexibility index (Phi) is 8.75. The maximum Gasteiger partial charge on any atom is 0.349 e. The highest BCUT2D eigenvalue weighted by Crippen LogP contribution is 2.23. The number of nitrogens with two attached hydrogens (primary N) is 1. The minimum Gasteiger partial charge on any atom is -0.427 e. The lowest BCUT2D eigenvalue weighted by molar-refractivity contribution is 0.0945. The van der Waals surface area contributed by atoms with Crippen LogP contribution in [0.3, 0.4) is 0 Å². The summed E-state index contributed by atoms with van der Waals surface area (Å²) < 4.78 is 5.43. The van der Waals surface area contributed by atoms with E-state index in [1.54, 1.807) is 31.3 Å². The van der Waals surface area contributed by atoms with Crippen molar-refractivity contribution in [1.82, 2.24) is 15.6 Å². The molecule has 3 rings (SSSR count). The highest BCUT2D eigenvalue weighted by molar-refractivity contribution is 5.95. The van der Waals surface area contributed by atoms with Gasteiger partial charge in [-0.05, 0) is 44.0 Å². The second-order valence-corrected chi connectivity index (χ2v) is 6.27. The first-order valence-corrected chi connectivity index (χ1v) is 8.39. The molecule has 0 aliphatic carbocycles. The van der Waals surface area contributed by atoms with Crippen LogP contribution in [-0.4, -0.2) is 24.0 Å². The van der Waals surface area contributed by atoms with Gasteiger partial charge in [0.25, 0.3) is 5.91 Å². The van der Waals surface area contributed by atoms with Gasteiger partial charge < -0.3 is 20.8 Å². The van der Waals surface area contributed by atoms with Crippen LogP contribution in [-0.2, 0) is 6.54 Å². The van der Waals surface area contributed by atoms with Crippen LogP contribution in [0.2, 0.25) is 0 Å². The minimum absolute atomic E-state index is 0. The number of nitrogens with one attached hydrogen (secondary N) is 2. The van der Waals surface area contributed by atoms with E-state index in [2.05, 4.69) is 15.6 Å². The molecule has 7 nitrogen and oxygen atoms in total. The summed E-state index contributed by atoms with van der Waals surface area (Å²) in [6.45, 7) is 3.72. The fourth-order valence-electron chi connectivity index (χ4n) is 3.07. The van der Waals surface area contributed by atoms with Crippen molar-refractivity contribution in [2.24, 2.45) is 0 Å². The molecule has 1 aliphatic heterocycles. The second-order valence-electron chi connectivity index (χ2n) is 6.27. The zero-order valence-corrected chi connectivity index (χ0v) is 16.6. The van der Waals surface area contributed by atoms with Crippen molar-refractivity contribution in [1.29, 1.82) is 0 Å². The van der Waals surface area contributed by atoms with Gasteiger partial charge in [0.15, 0.2) is 0 Å². The molecule has 27 heavy (non-hydrogen) atoms. The molecule has 0 saturated carbocycles. The summed E-state index contributed by atoms with van der Waals surface area (Å²) in [5.74, 6) is 0.699. The predicted molar refractivity (Wildman–Crippen MR) is 109 cm³/mol. The number of rotatable bonds is 4. The van der Waals surface area contributed by atoms with E-state index in [0.717, 1.165) is 25.9 Å². The predicted octanol–water partition coefficient (Wildman–Crippen LogP) is 2.17. The molecule has 1 atom stereocenters. The molecule has 1 fully saturated rings. The van der Waals surface area contributed by atoms with Gasteiger partial charge in [0, 0.05) is 30.8 Å². The fraction of sp³-hybridized carbons (Fsp3) is 0.389. The van der Waals surface area contributed by atoms with Gasteiger partial charge in [-0.3, -0.25) is 4.79 Å². The normalized spacial score (nSPS) is 16.0. The largest absolute Gasteiger partial charge is 0.427 e. The standard InChI is InChI=1S/C18H22N4O3.2ClH/c1-11-8-14(12-4-2-6-20-9-12)25-18(24)15(11)17(23)22-10-13-5-3-7-21-16(13)19;;/h3,5,7-8,12,20H,2,4,6,9-10H2,1H3,(H2,19,21)(H,22,23);2*1H. The maximum atomic E-state index is 12.4. The number of amides is 1. The number of carbonyl (C=O) groups is 1. The first-order chi connectivity index (χ1) is 12.1.